The molecule has 0 aromatic carbocycles. The van der Waals surface area contributed by atoms with Gasteiger partial charge < -0.3 is 18.9 Å². The third-order valence-electron chi connectivity index (χ3n) is 4.95. The first kappa shape index (κ1) is 31.1. The predicted octanol–water partition coefficient (Wildman–Crippen LogP) is 5.34. The third kappa shape index (κ3) is 22.3. The van der Waals surface area contributed by atoms with Gasteiger partial charge in [-0.25, -0.2) is 0 Å². The van der Waals surface area contributed by atoms with E-state index in [2.05, 4.69) is 19.0 Å². The van der Waals surface area contributed by atoms with Gasteiger partial charge in [0.25, 0.3) is 5.44 Å². The molecule has 0 saturated heterocycles. The molecule has 0 aliphatic rings. The van der Waals surface area contributed by atoms with Gasteiger partial charge in [0.15, 0.2) is 0 Å². The summed E-state index contributed by atoms with van der Waals surface area (Å²) >= 11 is 0. The Labute approximate surface area is 196 Å². The van der Waals surface area contributed by atoms with Crippen molar-refractivity contribution in [2.45, 2.75) is 103 Å². The first-order valence-corrected chi connectivity index (χ1v) is 13.9. The van der Waals surface area contributed by atoms with Crippen molar-refractivity contribution in [1.82, 2.24) is 0 Å². The molecule has 0 amide bonds. The molecular weight excluding hydrogens is 432 g/mol. The molecule has 0 rings (SSSR count). The van der Waals surface area contributed by atoms with Gasteiger partial charge in [0.1, 0.15) is 12.7 Å². The summed E-state index contributed by atoms with van der Waals surface area (Å²) in [5, 5.41) is 0. The largest absolute Gasteiger partial charge is 0.422 e. The van der Waals surface area contributed by atoms with Crippen LogP contribution in [0.1, 0.15) is 97.3 Å². The highest BCUT2D eigenvalue weighted by molar-refractivity contribution is 7.86. The van der Waals surface area contributed by atoms with E-state index in [0.717, 1.165) is 12.8 Å². The second kappa shape index (κ2) is 23.3. The van der Waals surface area contributed by atoms with E-state index < -0.39 is 15.6 Å². The number of hydrogen-bond acceptors (Lipinski definition) is 6. The Bertz CT molecular complexity index is 554. The van der Waals surface area contributed by atoms with Crippen LogP contribution in [0.15, 0.2) is 0 Å². The van der Waals surface area contributed by atoms with E-state index in [9.17, 15) is 13.0 Å². The average molecular weight is 479 g/mol. The highest BCUT2D eigenvalue weighted by Gasteiger charge is 2.24. The molecule has 7 nitrogen and oxygen atoms in total. The van der Waals surface area contributed by atoms with Crippen LogP contribution >= 0.6 is 0 Å². The first-order chi connectivity index (χ1) is 15.5. The van der Waals surface area contributed by atoms with Crippen molar-refractivity contribution in [3.63, 3.8) is 0 Å². The van der Waals surface area contributed by atoms with Crippen LogP contribution in [0.25, 0.3) is 0 Å². The lowest BCUT2D eigenvalue weighted by Crippen LogP contribution is -2.28. The van der Waals surface area contributed by atoms with E-state index in [1.54, 1.807) is 0 Å². The molecule has 0 aliphatic heterocycles. The number of unbranched alkanes of at least 4 members (excludes halogenated alkanes) is 12. The summed E-state index contributed by atoms with van der Waals surface area (Å²) in [4.78, 5) is 0. The summed E-state index contributed by atoms with van der Waals surface area (Å²) in [5.74, 6) is 2.81. The molecule has 0 saturated carbocycles. The highest BCUT2D eigenvalue weighted by atomic mass is 32.2. The summed E-state index contributed by atoms with van der Waals surface area (Å²) in [7, 11) is -4.40. The molecule has 1 N–H and O–H groups in total. The van der Waals surface area contributed by atoms with E-state index >= 15 is 0 Å². The summed E-state index contributed by atoms with van der Waals surface area (Å²) in [5.41, 5.74) is -1.51. The minimum absolute atomic E-state index is 0.188. The topological polar surface area (TPSA) is 91.3 Å². The Morgan fingerprint density at radius 3 is 1.75 bits per heavy atom. The quantitative estimate of drug-likeness (QED) is 0.120. The molecule has 0 bridgehead atoms. The van der Waals surface area contributed by atoms with Gasteiger partial charge in [-0.1, -0.05) is 83.5 Å². The molecule has 0 heterocycles. The zero-order chi connectivity index (χ0) is 23.8. The Kier molecular flexibility index (Phi) is 22.7. The molecule has 1 unspecified atom stereocenters. The summed E-state index contributed by atoms with van der Waals surface area (Å²) < 4.78 is 52.6. The molecule has 8 heteroatoms. The van der Waals surface area contributed by atoms with Gasteiger partial charge in [0, 0.05) is 13.0 Å². The van der Waals surface area contributed by atoms with Crippen molar-refractivity contribution in [2.75, 3.05) is 39.6 Å². The maximum atomic E-state index is 11.4. The van der Waals surface area contributed by atoms with E-state index in [4.69, 9.17) is 18.9 Å². The van der Waals surface area contributed by atoms with Crippen LogP contribution in [-0.4, -0.2) is 58.0 Å². The average Bonchev–Trinajstić information content (AvgIpc) is 2.75. The highest BCUT2D eigenvalue weighted by Crippen LogP contribution is 2.12. The summed E-state index contributed by atoms with van der Waals surface area (Å²) in [6.07, 6.45) is 18.3. The second-order valence-corrected chi connectivity index (χ2v) is 9.42. The van der Waals surface area contributed by atoms with Crippen molar-refractivity contribution in [1.29, 1.82) is 0 Å². The van der Waals surface area contributed by atoms with Crippen LogP contribution in [0.4, 0.5) is 0 Å². The van der Waals surface area contributed by atoms with Gasteiger partial charge in [-0.15, -0.1) is 0 Å². The van der Waals surface area contributed by atoms with Gasteiger partial charge >= 0.3 is 10.1 Å². The lowest BCUT2D eigenvalue weighted by Gasteiger charge is -2.12. The van der Waals surface area contributed by atoms with E-state index in [1.807, 2.05) is 6.92 Å². The molecule has 0 radical (unpaired) electrons. The van der Waals surface area contributed by atoms with Crippen molar-refractivity contribution in [3.05, 3.63) is 0 Å². The lowest BCUT2D eigenvalue weighted by molar-refractivity contribution is 0.00353. The van der Waals surface area contributed by atoms with Crippen molar-refractivity contribution in [3.8, 4) is 12.0 Å². The number of rotatable bonds is 23. The van der Waals surface area contributed by atoms with Gasteiger partial charge in [0.05, 0.1) is 26.4 Å². The molecule has 1 atom stereocenters. The second-order valence-electron chi connectivity index (χ2n) is 7.86. The van der Waals surface area contributed by atoms with Crippen molar-refractivity contribution in [2.24, 2.45) is 0 Å². The van der Waals surface area contributed by atoms with Crippen LogP contribution in [0.3, 0.4) is 0 Å². The first-order valence-electron chi connectivity index (χ1n) is 12.3. The minimum atomic E-state index is -4.40. The van der Waals surface area contributed by atoms with Crippen LogP contribution in [0.2, 0.25) is 0 Å². The maximum Gasteiger partial charge on any atom is 0.306 e. The minimum Gasteiger partial charge on any atom is -0.422 e. The molecule has 190 valence electrons. The fourth-order valence-corrected chi connectivity index (χ4v) is 3.49. The molecule has 0 spiro atoms. The molecule has 32 heavy (non-hydrogen) atoms. The number of ether oxygens (including phenoxy) is 4. The molecule has 0 fully saturated rings. The normalized spacial score (nSPS) is 12.3. The Morgan fingerprint density at radius 2 is 1.22 bits per heavy atom. The fourth-order valence-electron chi connectivity index (χ4n) is 3.06. The van der Waals surface area contributed by atoms with E-state index in [-0.39, 0.29) is 13.2 Å². The van der Waals surface area contributed by atoms with Crippen LogP contribution < -0.4 is 0 Å². The summed E-state index contributed by atoms with van der Waals surface area (Å²) in [6.45, 7) is 5.91. The molecule has 0 aromatic rings. The maximum absolute atomic E-state index is 11.4. The van der Waals surface area contributed by atoms with Crippen molar-refractivity contribution >= 4 is 10.1 Å². The van der Waals surface area contributed by atoms with Crippen molar-refractivity contribution < 1.29 is 31.9 Å². The van der Waals surface area contributed by atoms with Gasteiger partial charge in [-0.3, -0.25) is 4.55 Å². The third-order valence-corrected chi connectivity index (χ3v) is 5.85. The van der Waals surface area contributed by atoms with Gasteiger partial charge in [-0.2, -0.15) is 8.42 Å². The standard InChI is InChI=1S/C24H46O7S/c1-3-5-6-7-8-9-10-11-12-13-14-15-16-17-18-31-24(32(25,26)27)23-30-22-21-29-20-19-28-4-2/h24H,3-16,19-23H2,1-2H3,(H,25,26,27). The number of hydrogen-bond donors (Lipinski definition) is 1. The Balaban J connectivity index is 3.69. The summed E-state index contributed by atoms with van der Waals surface area (Å²) in [6, 6.07) is 0. The zero-order valence-corrected chi connectivity index (χ0v) is 21.1. The SMILES string of the molecule is CCCCCCCCCCCCCCC#COC(COCCOCCOCC)S(=O)(=O)O. The Morgan fingerprint density at radius 1 is 0.719 bits per heavy atom. The monoisotopic (exact) mass is 478 g/mol. The smallest absolute Gasteiger partial charge is 0.306 e. The van der Waals surface area contributed by atoms with Gasteiger partial charge in [0.2, 0.25) is 0 Å². The lowest BCUT2D eigenvalue weighted by atomic mass is 10.0. The van der Waals surface area contributed by atoms with Crippen LogP contribution in [0.5, 0.6) is 0 Å². The molecule has 0 aromatic heterocycles. The molecule has 0 aliphatic carbocycles. The van der Waals surface area contributed by atoms with E-state index in [1.165, 1.54) is 64.2 Å². The zero-order valence-electron chi connectivity index (χ0n) is 20.3. The predicted molar refractivity (Wildman–Crippen MR) is 128 cm³/mol. The molecular formula is C24H46O7S. The van der Waals surface area contributed by atoms with Crippen LogP contribution in [-0.2, 0) is 29.1 Å². The fraction of sp³-hybridized carbons (Fsp3) is 0.917. The van der Waals surface area contributed by atoms with E-state index in [0.29, 0.717) is 32.8 Å². The van der Waals surface area contributed by atoms with Gasteiger partial charge in [-0.05, 0) is 13.3 Å². The Hall–Kier alpha value is -0.850. The van der Waals surface area contributed by atoms with Crippen LogP contribution in [0, 0.1) is 12.0 Å².